The first-order chi connectivity index (χ1) is 16.6. The molecule has 0 radical (unpaired) electrons. The number of hydrogen-bond acceptors (Lipinski definition) is 9. The lowest BCUT2D eigenvalue weighted by Gasteiger charge is -2.24. The molecule has 0 spiro atoms. The molecule has 15 heteroatoms. The van der Waals surface area contributed by atoms with E-state index in [0.29, 0.717) is 25.1 Å². The van der Waals surface area contributed by atoms with Crippen LogP contribution in [0.1, 0.15) is 37.8 Å². The molecule has 35 heavy (non-hydrogen) atoms. The predicted octanol–water partition coefficient (Wildman–Crippen LogP) is -2.86. The van der Waals surface area contributed by atoms with E-state index in [0.717, 1.165) is 0 Å². The van der Waals surface area contributed by atoms with Crippen LogP contribution in [0.3, 0.4) is 0 Å². The molecule has 0 aliphatic carbocycles. The van der Waals surface area contributed by atoms with E-state index in [2.05, 4.69) is 38.5 Å². The number of unbranched alkanes of at least 4 members (excludes halogenated alkanes) is 1. The van der Waals surface area contributed by atoms with Crippen molar-refractivity contribution in [3.8, 4) is 0 Å². The van der Waals surface area contributed by atoms with Gasteiger partial charge in [-0.15, -0.1) is 0 Å². The number of H-pyrrole nitrogens is 1. The second-order valence-corrected chi connectivity index (χ2v) is 8.25. The highest BCUT2D eigenvalue weighted by molar-refractivity contribution is 7.80. The van der Waals surface area contributed by atoms with E-state index in [1.54, 1.807) is 0 Å². The number of primary amides is 1. The average Bonchev–Trinajstić information content (AvgIpc) is 3.32. The predicted molar refractivity (Wildman–Crippen MR) is 129 cm³/mol. The van der Waals surface area contributed by atoms with Crippen LogP contribution in [0.2, 0.25) is 0 Å². The standard InChI is InChI=1S/C20H34N8O6S/c21-6-2-1-3-13(20(33)34)26-19(32)15(9-35)28-18(31)14(7-11-8-24-10-25-11)27-17(30)12(22)4-5-16(23)29/h8,10,12-15,35H,1-7,9,21-22H2,(H2,23,29)(H,24,25)(H,26,32)(H,27,30)(H,28,31)(H,33,34). The molecule has 14 nitrogen and oxygen atoms in total. The number of carboxylic acids is 1. The van der Waals surface area contributed by atoms with E-state index >= 15 is 0 Å². The summed E-state index contributed by atoms with van der Waals surface area (Å²) in [6.45, 7) is 0.394. The van der Waals surface area contributed by atoms with Gasteiger partial charge in [0.05, 0.1) is 12.4 Å². The highest BCUT2D eigenvalue weighted by atomic mass is 32.1. The summed E-state index contributed by atoms with van der Waals surface area (Å²) in [6.07, 6.45) is 4.01. The van der Waals surface area contributed by atoms with Gasteiger partial charge < -0.3 is 43.2 Å². The molecule has 4 unspecified atom stereocenters. The number of rotatable bonds is 17. The Hall–Kier alpha value is -3.17. The summed E-state index contributed by atoms with van der Waals surface area (Å²) in [6, 6.07) is -4.57. The first-order valence-corrected chi connectivity index (χ1v) is 11.7. The Morgan fingerprint density at radius 2 is 1.63 bits per heavy atom. The van der Waals surface area contributed by atoms with Gasteiger partial charge >= 0.3 is 5.97 Å². The van der Waals surface area contributed by atoms with Crippen molar-refractivity contribution < 1.29 is 29.1 Å². The summed E-state index contributed by atoms with van der Waals surface area (Å²) in [5, 5.41) is 16.7. The van der Waals surface area contributed by atoms with Crippen LogP contribution in [0.5, 0.6) is 0 Å². The number of carboxylic acid groups (broad SMARTS) is 1. The molecule has 1 rings (SSSR count). The number of carbonyl (C=O) groups is 5. The van der Waals surface area contributed by atoms with Crippen LogP contribution in [-0.2, 0) is 30.4 Å². The number of nitrogens with two attached hydrogens (primary N) is 3. The Morgan fingerprint density at radius 1 is 1.00 bits per heavy atom. The summed E-state index contributed by atoms with van der Waals surface area (Å²) in [4.78, 5) is 67.2. The van der Waals surface area contributed by atoms with E-state index < -0.39 is 53.8 Å². The van der Waals surface area contributed by atoms with Gasteiger partial charge in [0.2, 0.25) is 23.6 Å². The molecule has 1 heterocycles. The second kappa shape index (κ2) is 15.7. The molecule has 1 aromatic heterocycles. The first-order valence-electron chi connectivity index (χ1n) is 11.0. The maximum atomic E-state index is 13.0. The fraction of sp³-hybridized carbons (Fsp3) is 0.600. The van der Waals surface area contributed by atoms with Gasteiger partial charge in [-0.05, 0) is 32.2 Å². The number of imidazole rings is 1. The number of hydrogen-bond donors (Lipinski definition) is 9. The van der Waals surface area contributed by atoms with Crippen LogP contribution in [0.4, 0.5) is 0 Å². The fourth-order valence-corrected chi connectivity index (χ4v) is 3.28. The SMILES string of the molecule is NCCCCC(NC(=O)C(CS)NC(=O)C(Cc1cnc[nH]1)NC(=O)C(N)CCC(N)=O)C(=O)O. The van der Waals surface area contributed by atoms with Crippen molar-refractivity contribution in [2.75, 3.05) is 12.3 Å². The molecule has 0 fully saturated rings. The quantitative estimate of drug-likeness (QED) is 0.0765. The molecular formula is C20H34N8O6S. The zero-order valence-corrected chi connectivity index (χ0v) is 20.1. The van der Waals surface area contributed by atoms with Crippen molar-refractivity contribution in [3.05, 3.63) is 18.2 Å². The smallest absolute Gasteiger partial charge is 0.326 e. The first kappa shape index (κ1) is 29.9. The maximum absolute atomic E-state index is 13.0. The number of amides is 4. The van der Waals surface area contributed by atoms with Gasteiger partial charge in [-0.25, -0.2) is 9.78 Å². The minimum atomic E-state index is -1.21. The summed E-state index contributed by atoms with van der Waals surface area (Å²) < 4.78 is 0. The Balaban J connectivity index is 2.88. The Kier molecular flexibility index (Phi) is 13.4. The zero-order chi connectivity index (χ0) is 26.4. The van der Waals surface area contributed by atoms with E-state index in [9.17, 15) is 29.1 Å². The van der Waals surface area contributed by atoms with Crippen LogP contribution in [0.25, 0.3) is 0 Å². The summed E-state index contributed by atoms with van der Waals surface area (Å²) in [7, 11) is 0. The third kappa shape index (κ3) is 11.2. The summed E-state index contributed by atoms with van der Waals surface area (Å²) in [5.74, 6) is -4.12. The Bertz CT molecular complexity index is 853. The second-order valence-electron chi connectivity index (χ2n) is 7.88. The van der Waals surface area contributed by atoms with Crippen molar-refractivity contribution in [3.63, 3.8) is 0 Å². The lowest BCUT2D eigenvalue weighted by atomic mass is 10.1. The van der Waals surface area contributed by atoms with Crippen molar-refractivity contribution >= 4 is 42.2 Å². The molecule has 0 aliphatic heterocycles. The summed E-state index contributed by atoms with van der Waals surface area (Å²) >= 11 is 4.09. The van der Waals surface area contributed by atoms with Gasteiger partial charge in [-0.3, -0.25) is 19.2 Å². The van der Waals surface area contributed by atoms with Crippen molar-refractivity contribution in [2.24, 2.45) is 17.2 Å². The van der Waals surface area contributed by atoms with Gasteiger partial charge in [0.25, 0.3) is 0 Å². The van der Waals surface area contributed by atoms with Crippen molar-refractivity contribution in [1.82, 2.24) is 25.9 Å². The maximum Gasteiger partial charge on any atom is 0.326 e. The molecule has 0 aromatic carbocycles. The van der Waals surface area contributed by atoms with Gasteiger partial charge in [0.1, 0.15) is 18.1 Å². The molecule has 0 aliphatic rings. The molecule has 4 amide bonds. The number of aromatic nitrogens is 2. The fourth-order valence-electron chi connectivity index (χ4n) is 3.02. The van der Waals surface area contributed by atoms with Crippen molar-refractivity contribution in [2.45, 2.75) is 62.7 Å². The van der Waals surface area contributed by atoms with Crippen LogP contribution in [-0.4, -0.2) is 81.1 Å². The molecular weight excluding hydrogens is 480 g/mol. The lowest BCUT2D eigenvalue weighted by Crippen LogP contribution is -2.58. The highest BCUT2D eigenvalue weighted by Crippen LogP contribution is 2.05. The number of aliphatic carboxylic acids is 1. The number of aromatic amines is 1. The van der Waals surface area contributed by atoms with Crippen LogP contribution < -0.4 is 33.2 Å². The number of carbonyl (C=O) groups excluding carboxylic acids is 4. The molecule has 196 valence electrons. The third-order valence-electron chi connectivity index (χ3n) is 5.03. The Morgan fingerprint density at radius 3 is 2.17 bits per heavy atom. The third-order valence-corrected chi connectivity index (χ3v) is 5.39. The molecule has 0 saturated carbocycles. The van der Waals surface area contributed by atoms with E-state index in [4.69, 9.17) is 17.2 Å². The van der Waals surface area contributed by atoms with Gasteiger partial charge in [-0.1, -0.05) is 0 Å². The largest absolute Gasteiger partial charge is 0.480 e. The van der Waals surface area contributed by atoms with Gasteiger partial charge in [0.15, 0.2) is 0 Å². The summed E-state index contributed by atoms with van der Waals surface area (Å²) in [5.41, 5.74) is 16.8. The lowest BCUT2D eigenvalue weighted by molar-refractivity contribution is -0.142. The number of nitrogens with zero attached hydrogens (tertiary/aromatic N) is 1. The van der Waals surface area contributed by atoms with Crippen LogP contribution in [0.15, 0.2) is 12.5 Å². The van der Waals surface area contributed by atoms with Crippen molar-refractivity contribution in [1.29, 1.82) is 0 Å². The van der Waals surface area contributed by atoms with Gasteiger partial charge in [0, 0.05) is 30.5 Å². The highest BCUT2D eigenvalue weighted by Gasteiger charge is 2.30. The molecule has 11 N–H and O–H groups in total. The topological polar surface area (TPSA) is 248 Å². The van der Waals surface area contributed by atoms with E-state index in [-0.39, 0.29) is 31.4 Å². The zero-order valence-electron chi connectivity index (χ0n) is 19.2. The van der Waals surface area contributed by atoms with Gasteiger partial charge in [-0.2, -0.15) is 12.6 Å². The van der Waals surface area contributed by atoms with E-state index in [1.807, 2.05) is 0 Å². The number of thiol groups is 1. The molecule has 4 atom stereocenters. The number of nitrogens with one attached hydrogen (secondary N) is 4. The van der Waals surface area contributed by atoms with E-state index in [1.165, 1.54) is 12.5 Å². The molecule has 1 aromatic rings. The van der Waals surface area contributed by atoms with Crippen LogP contribution in [0, 0.1) is 0 Å². The Labute approximate surface area is 207 Å². The minimum Gasteiger partial charge on any atom is -0.480 e. The average molecular weight is 515 g/mol. The monoisotopic (exact) mass is 514 g/mol. The minimum absolute atomic E-state index is 0.00212. The van der Waals surface area contributed by atoms with Crippen LogP contribution >= 0.6 is 12.6 Å². The molecule has 0 saturated heterocycles. The normalized spacial score (nSPS) is 14.3. The molecule has 0 bridgehead atoms.